The quantitative estimate of drug-likeness (QED) is 0.775. The van der Waals surface area contributed by atoms with Crippen LogP contribution in [0.3, 0.4) is 0 Å². The van der Waals surface area contributed by atoms with Gasteiger partial charge in [-0.3, -0.25) is 14.4 Å². The van der Waals surface area contributed by atoms with E-state index in [1.807, 2.05) is 4.90 Å². The Hall–Kier alpha value is -1.59. The Bertz CT molecular complexity index is 655. The van der Waals surface area contributed by atoms with Crippen LogP contribution < -0.4 is 5.32 Å². The monoisotopic (exact) mass is 388 g/mol. The van der Waals surface area contributed by atoms with Crippen LogP contribution in [0.15, 0.2) is 0 Å². The van der Waals surface area contributed by atoms with E-state index in [2.05, 4.69) is 5.32 Å². The first-order valence-corrected chi connectivity index (χ1v) is 11.3. The summed E-state index contributed by atoms with van der Waals surface area (Å²) >= 11 is 0. The van der Waals surface area contributed by atoms with Crippen molar-refractivity contribution in [3.63, 3.8) is 0 Å². The lowest BCUT2D eigenvalue weighted by molar-refractivity contribution is -0.160. The van der Waals surface area contributed by atoms with E-state index in [1.165, 1.54) is 19.3 Å². The molecule has 6 heteroatoms. The van der Waals surface area contributed by atoms with Crippen molar-refractivity contribution in [3.8, 4) is 0 Å². The molecule has 154 valence electrons. The summed E-state index contributed by atoms with van der Waals surface area (Å²) in [5.74, 6) is 1.23. The number of hydrogen-bond donors (Lipinski definition) is 2. The predicted octanol–water partition coefficient (Wildman–Crippen LogP) is 2.56. The van der Waals surface area contributed by atoms with Crippen molar-refractivity contribution in [1.82, 2.24) is 10.2 Å². The first-order valence-electron chi connectivity index (χ1n) is 11.3. The van der Waals surface area contributed by atoms with Gasteiger partial charge >= 0.3 is 5.97 Å². The highest BCUT2D eigenvalue weighted by Gasteiger charge is 2.56. The molecule has 0 aromatic heterocycles. The number of rotatable bonds is 4. The molecule has 4 bridgehead atoms. The summed E-state index contributed by atoms with van der Waals surface area (Å²) in [5.41, 5.74) is -0.195. The molecule has 5 saturated carbocycles. The largest absolute Gasteiger partial charge is 0.481 e. The van der Waals surface area contributed by atoms with E-state index in [0.29, 0.717) is 19.4 Å². The van der Waals surface area contributed by atoms with E-state index in [4.69, 9.17) is 0 Å². The van der Waals surface area contributed by atoms with Gasteiger partial charge < -0.3 is 15.3 Å². The second-order valence-corrected chi connectivity index (χ2v) is 10.4. The van der Waals surface area contributed by atoms with Crippen LogP contribution in [0.5, 0.6) is 0 Å². The Kier molecular flexibility index (Phi) is 4.44. The van der Waals surface area contributed by atoms with E-state index >= 15 is 0 Å². The van der Waals surface area contributed by atoms with Gasteiger partial charge in [-0.05, 0) is 88.4 Å². The van der Waals surface area contributed by atoms with Crippen LogP contribution in [-0.4, -0.2) is 46.4 Å². The third kappa shape index (κ3) is 3.03. The molecule has 2 amide bonds. The first kappa shape index (κ1) is 18.4. The number of likely N-dealkylation sites (tertiary alicyclic amines) is 1. The lowest BCUT2D eigenvalue weighted by Gasteiger charge is -2.56. The fourth-order valence-electron chi connectivity index (χ4n) is 7.59. The fourth-order valence-corrected chi connectivity index (χ4v) is 7.59. The maximum Gasteiger partial charge on any atom is 0.306 e. The van der Waals surface area contributed by atoms with E-state index in [9.17, 15) is 19.5 Å². The van der Waals surface area contributed by atoms with Gasteiger partial charge in [-0.2, -0.15) is 0 Å². The number of carbonyl (C=O) groups excluding carboxylic acids is 2. The Morgan fingerprint density at radius 3 is 2.11 bits per heavy atom. The van der Waals surface area contributed by atoms with Gasteiger partial charge in [0.05, 0.1) is 11.3 Å². The minimum absolute atomic E-state index is 0.0633. The summed E-state index contributed by atoms with van der Waals surface area (Å²) in [6.07, 6.45) is 10.5. The lowest BCUT2D eigenvalue weighted by Crippen LogP contribution is -2.57. The predicted molar refractivity (Wildman–Crippen MR) is 102 cm³/mol. The third-order valence-electron chi connectivity index (χ3n) is 8.44. The molecule has 1 unspecified atom stereocenters. The molecular formula is C22H32N2O4. The molecule has 1 saturated heterocycles. The maximum absolute atomic E-state index is 13.7. The van der Waals surface area contributed by atoms with Crippen molar-refractivity contribution < 1.29 is 19.5 Å². The van der Waals surface area contributed by atoms with Gasteiger partial charge in [0.15, 0.2) is 0 Å². The normalized spacial score (nSPS) is 44.1. The van der Waals surface area contributed by atoms with Gasteiger partial charge in [-0.15, -0.1) is 0 Å². The molecular weight excluding hydrogens is 356 g/mol. The fraction of sp³-hybridized carbons (Fsp3) is 0.864. The SMILES string of the molecule is O=C(N[C@@H]1CC[C@H](C(=O)O)C1)C1CCCN1C(=O)C12CC3CC(CC(C3)C1)C2. The van der Waals surface area contributed by atoms with Crippen LogP contribution in [0.25, 0.3) is 0 Å². The minimum atomic E-state index is -0.767. The summed E-state index contributed by atoms with van der Waals surface area (Å²) in [7, 11) is 0. The highest BCUT2D eigenvalue weighted by Crippen LogP contribution is 2.60. The Morgan fingerprint density at radius 1 is 0.893 bits per heavy atom. The van der Waals surface area contributed by atoms with Crippen molar-refractivity contribution in [3.05, 3.63) is 0 Å². The average molecular weight is 389 g/mol. The van der Waals surface area contributed by atoms with Crippen LogP contribution >= 0.6 is 0 Å². The van der Waals surface area contributed by atoms with E-state index < -0.39 is 5.97 Å². The van der Waals surface area contributed by atoms with Crippen molar-refractivity contribution in [2.75, 3.05) is 6.54 Å². The molecule has 28 heavy (non-hydrogen) atoms. The lowest BCUT2D eigenvalue weighted by atomic mass is 9.49. The van der Waals surface area contributed by atoms with Crippen LogP contribution in [0.4, 0.5) is 0 Å². The second kappa shape index (κ2) is 6.74. The minimum Gasteiger partial charge on any atom is -0.481 e. The van der Waals surface area contributed by atoms with Crippen LogP contribution in [0.1, 0.15) is 70.6 Å². The zero-order chi connectivity index (χ0) is 19.5. The first-order chi connectivity index (χ1) is 13.4. The molecule has 5 aliphatic carbocycles. The molecule has 6 aliphatic rings. The van der Waals surface area contributed by atoms with Crippen molar-refractivity contribution >= 4 is 17.8 Å². The standard InChI is InChI=1S/C22H32N2O4/c25-19(23-17-4-3-16(9-17)20(26)27)18-2-1-5-24(18)21(28)22-10-13-6-14(11-22)8-15(7-13)12-22/h13-18H,1-12H2,(H,23,25)(H,26,27)/t13?,14?,15?,16-,17+,18?,22?/m0/s1. The number of nitrogens with zero attached hydrogens (tertiary/aromatic N) is 1. The molecule has 6 rings (SSSR count). The van der Waals surface area contributed by atoms with Crippen LogP contribution in [0, 0.1) is 29.1 Å². The summed E-state index contributed by atoms with van der Waals surface area (Å²) in [6.45, 7) is 0.696. The molecule has 0 spiro atoms. The van der Waals surface area contributed by atoms with Gasteiger partial charge in [0.2, 0.25) is 11.8 Å². The number of carboxylic acid groups (broad SMARTS) is 1. The third-order valence-corrected chi connectivity index (χ3v) is 8.44. The molecule has 6 nitrogen and oxygen atoms in total. The van der Waals surface area contributed by atoms with Crippen molar-refractivity contribution in [2.45, 2.75) is 82.7 Å². The summed E-state index contributed by atoms with van der Waals surface area (Å²) in [4.78, 5) is 39.7. The van der Waals surface area contributed by atoms with E-state index in [1.54, 1.807) is 0 Å². The van der Waals surface area contributed by atoms with Crippen LogP contribution in [0.2, 0.25) is 0 Å². The second-order valence-electron chi connectivity index (χ2n) is 10.4. The average Bonchev–Trinajstić information content (AvgIpc) is 3.29. The molecule has 1 heterocycles. The smallest absolute Gasteiger partial charge is 0.306 e. The number of carboxylic acids is 1. The molecule has 1 aliphatic heterocycles. The van der Waals surface area contributed by atoms with E-state index in [-0.39, 0.29) is 35.2 Å². The number of hydrogen-bond acceptors (Lipinski definition) is 3. The highest BCUT2D eigenvalue weighted by atomic mass is 16.4. The zero-order valence-corrected chi connectivity index (χ0v) is 16.6. The van der Waals surface area contributed by atoms with E-state index in [0.717, 1.165) is 56.3 Å². The maximum atomic E-state index is 13.7. The molecule has 0 radical (unpaired) electrons. The number of amides is 2. The Morgan fingerprint density at radius 2 is 1.54 bits per heavy atom. The Labute approximate surface area is 166 Å². The summed E-state index contributed by atoms with van der Waals surface area (Å²) < 4.78 is 0. The van der Waals surface area contributed by atoms with Crippen LogP contribution in [-0.2, 0) is 14.4 Å². The number of aliphatic carboxylic acids is 1. The molecule has 6 fully saturated rings. The van der Waals surface area contributed by atoms with Gasteiger partial charge in [-0.25, -0.2) is 0 Å². The van der Waals surface area contributed by atoms with Crippen molar-refractivity contribution in [2.24, 2.45) is 29.1 Å². The topological polar surface area (TPSA) is 86.7 Å². The number of nitrogens with one attached hydrogen (secondary N) is 1. The molecule has 2 N–H and O–H groups in total. The molecule has 3 atom stereocenters. The molecule has 0 aromatic rings. The van der Waals surface area contributed by atoms with Gasteiger partial charge in [-0.1, -0.05) is 0 Å². The summed E-state index contributed by atoms with van der Waals surface area (Å²) in [6, 6.07) is -0.421. The zero-order valence-electron chi connectivity index (χ0n) is 16.6. The Balaban J connectivity index is 1.26. The van der Waals surface area contributed by atoms with Gasteiger partial charge in [0.1, 0.15) is 6.04 Å². The molecule has 0 aromatic carbocycles. The number of carbonyl (C=O) groups is 3. The van der Waals surface area contributed by atoms with Crippen molar-refractivity contribution in [1.29, 1.82) is 0 Å². The highest BCUT2D eigenvalue weighted by molar-refractivity contribution is 5.91. The van der Waals surface area contributed by atoms with Gasteiger partial charge in [0, 0.05) is 12.6 Å². The van der Waals surface area contributed by atoms with Gasteiger partial charge in [0.25, 0.3) is 0 Å². The summed E-state index contributed by atoms with van der Waals surface area (Å²) in [5, 5.41) is 12.2.